The first-order valence-electron chi connectivity index (χ1n) is 6.87. The summed E-state index contributed by atoms with van der Waals surface area (Å²) in [5.74, 6) is -0.953. The molecule has 1 heterocycles. The number of tetrazole rings is 1. The van der Waals surface area contributed by atoms with Gasteiger partial charge in [-0.3, -0.25) is 4.79 Å². The van der Waals surface area contributed by atoms with Crippen LogP contribution in [0.4, 0.5) is 0 Å². The van der Waals surface area contributed by atoms with E-state index in [-0.39, 0.29) is 12.3 Å². The Bertz CT molecular complexity index is 594. The monoisotopic (exact) mass is 317 g/mol. The van der Waals surface area contributed by atoms with E-state index in [1.807, 2.05) is 0 Å². The van der Waals surface area contributed by atoms with Crippen LogP contribution in [-0.4, -0.2) is 45.7 Å². The molecule has 0 amide bonds. The molecule has 118 valence electrons. The maximum absolute atomic E-state index is 12.0. The Morgan fingerprint density at radius 3 is 2.62 bits per heavy atom. The van der Waals surface area contributed by atoms with Gasteiger partial charge in [-0.25, -0.2) is 8.42 Å². The minimum absolute atomic E-state index is 0.234. The Morgan fingerprint density at radius 2 is 2.10 bits per heavy atom. The highest BCUT2D eigenvalue weighted by molar-refractivity contribution is 7.89. The van der Waals surface area contributed by atoms with Crippen molar-refractivity contribution in [2.45, 2.75) is 49.7 Å². The summed E-state index contributed by atoms with van der Waals surface area (Å²) in [6, 6.07) is -1.16. The van der Waals surface area contributed by atoms with Crippen LogP contribution in [0.2, 0.25) is 0 Å². The highest BCUT2D eigenvalue weighted by atomic mass is 32.2. The Hall–Kier alpha value is -1.55. The minimum Gasteiger partial charge on any atom is -0.480 e. The van der Waals surface area contributed by atoms with E-state index in [9.17, 15) is 18.3 Å². The summed E-state index contributed by atoms with van der Waals surface area (Å²) in [5.41, 5.74) is 0. The molecule has 0 spiro atoms. The summed E-state index contributed by atoms with van der Waals surface area (Å²) in [6.07, 6.45) is 5.45. The number of carbonyl (C=O) groups is 1. The molecule has 10 heteroatoms. The van der Waals surface area contributed by atoms with Gasteiger partial charge in [0.15, 0.2) is 0 Å². The highest BCUT2D eigenvalue weighted by Crippen LogP contribution is 2.27. The molecule has 0 aliphatic heterocycles. The second kappa shape index (κ2) is 6.48. The first kappa shape index (κ1) is 15.8. The van der Waals surface area contributed by atoms with Crippen molar-refractivity contribution in [2.75, 3.05) is 0 Å². The zero-order valence-corrected chi connectivity index (χ0v) is 12.6. The van der Waals surface area contributed by atoms with Crippen LogP contribution in [-0.2, 0) is 21.9 Å². The molecule has 1 aliphatic rings. The number of nitrogens with one attached hydrogen (secondary N) is 1. The molecule has 0 radical (unpaired) electrons. The molecule has 21 heavy (non-hydrogen) atoms. The second-order valence-electron chi connectivity index (χ2n) is 5.31. The van der Waals surface area contributed by atoms with Gasteiger partial charge in [-0.1, -0.05) is 37.2 Å². The van der Waals surface area contributed by atoms with Gasteiger partial charge in [0.05, 0.1) is 7.05 Å². The zero-order chi connectivity index (χ0) is 15.5. The van der Waals surface area contributed by atoms with E-state index >= 15 is 0 Å². The van der Waals surface area contributed by atoms with E-state index in [1.54, 1.807) is 0 Å². The maximum Gasteiger partial charge on any atom is 0.321 e. The zero-order valence-electron chi connectivity index (χ0n) is 11.8. The third-order valence-electron chi connectivity index (χ3n) is 3.62. The van der Waals surface area contributed by atoms with Crippen molar-refractivity contribution in [3.8, 4) is 0 Å². The van der Waals surface area contributed by atoms with Crippen LogP contribution in [0.3, 0.4) is 0 Å². The lowest BCUT2D eigenvalue weighted by molar-refractivity contribution is -0.139. The number of hydrogen-bond donors (Lipinski definition) is 2. The molecule has 2 rings (SSSR count). The van der Waals surface area contributed by atoms with Crippen molar-refractivity contribution in [3.63, 3.8) is 0 Å². The normalized spacial score (nSPS) is 18.5. The van der Waals surface area contributed by atoms with Gasteiger partial charge < -0.3 is 5.11 Å². The van der Waals surface area contributed by atoms with Crippen LogP contribution >= 0.6 is 0 Å². The molecule has 1 aliphatic carbocycles. The summed E-state index contributed by atoms with van der Waals surface area (Å²) >= 11 is 0. The smallest absolute Gasteiger partial charge is 0.321 e. The molecule has 0 saturated heterocycles. The first-order chi connectivity index (χ1) is 9.88. The van der Waals surface area contributed by atoms with E-state index in [1.165, 1.54) is 7.05 Å². The van der Waals surface area contributed by atoms with Crippen LogP contribution in [0.15, 0.2) is 5.16 Å². The molecule has 1 aromatic rings. The fraction of sp³-hybridized carbons (Fsp3) is 0.818. The third-order valence-corrected chi connectivity index (χ3v) is 4.86. The number of carboxylic acid groups (broad SMARTS) is 1. The Balaban J connectivity index is 2.06. The predicted molar refractivity (Wildman–Crippen MR) is 71.7 cm³/mol. The van der Waals surface area contributed by atoms with Gasteiger partial charge in [0.2, 0.25) is 0 Å². The summed E-state index contributed by atoms with van der Waals surface area (Å²) in [7, 11) is -2.64. The number of carboxylic acids is 1. The number of aryl methyl sites for hydroxylation is 1. The second-order valence-corrected chi connectivity index (χ2v) is 6.92. The van der Waals surface area contributed by atoms with E-state index in [0.717, 1.165) is 36.9 Å². The Labute approximate surface area is 122 Å². The molecule has 2 N–H and O–H groups in total. The van der Waals surface area contributed by atoms with Crippen molar-refractivity contribution in [2.24, 2.45) is 13.0 Å². The van der Waals surface area contributed by atoms with Gasteiger partial charge in [0.1, 0.15) is 6.04 Å². The third kappa shape index (κ3) is 4.21. The summed E-state index contributed by atoms with van der Waals surface area (Å²) < 4.78 is 26.3. The molecule has 0 aromatic carbocycles. The summed E-state index contributed by atoms with van der Waals surface area (Å²) in [4.78, 5) is 12.3. The molecule has 1 atom stereocenters. The number of hydrogen-bond acceptors (Lipinski definition) is 6. The Kier molecular flexibility index (Phi) is 4.88. The molecule has 1 aromatic heterocycles. The number of rotatable bonds is 6. The van der Waals surface area contributed by atoms with Gasteiger partial charge >= 0.3 is 11.1 Å². The molecule has 9 nitrogen and oxygen atoms in total. The van der Waals surface area contributed by atoms with Crippen molar-refractivity contribution < 1.29 is 18.3 Å². The lowest BCUT2D eigenvalue weighted by atomic mass is 9.85. The fourth-order valence-electron chi connectivity index (χ4n) is 2.57. The summed E-state index contributed by atoms with van der Waals surface area (Å²) in [5, 5.41) is 19.2. The molecule has 1 saturated carbocycles. The standard InChI is InChI=1S/C11H19N5O4S/c1-16-13-11(12-15-16)21(19,20)14-9(10(17)18)7-8-5-3-2-4-6-8/h8-9,14H,2-7H2,1H3,(H,17,18)/t9-/m0/s1. The molecule has 1 fully saturated rings. The molecule has 0 bridgehead atoms. The largest absolute Gasteiger partial charge is 0.480 e. The topological polar surface area (TPSA) is 127 Å². The predicted octanol–water partition coefficient (Wildman–Crippen LogP) is -0.0880. The van der Waals surface area contributed by atoms with Crippen LogP contribution in [0.1, 0.15) is 38.5 Å². The van der Waals surface area contributed by atoms with E-state index < -0.39 is 27.2 Å². The average molecular weight is 317 g/mol. The van der Waals surface area contributed by atoms with E-state index in [0.29, 0.717) is 0 Å². The lowest BCUT2D eigenvalue weighted by Crippen LogP contribution is -2.42. The van der Waals surface area contributed by atoms with E-state index in [2.05, 4.69) is 20.1 Å². The van der Waals surface area contributed by atoms with Gasteiger partial charge in [0, 0.05) is 0 Å². The SMILES string of the molecule is Cn1nnc(S(=O)(=O)N[C@@H](CC2CCCCC2)C(=O)O)n1. The average Bonchev–Trinajstić information content (AvgIpc) is 2.86. The van der Waals surface area contributed by atoms with Crippen molar-refractivity contribution in [1.29, 1.82) is 0 Å². The van der Waals surface area contributed by atoms with Gasteiger partial charge in [0.25, 0.3) is 10.0 Å². The lowest BCUT2D eigenvalue weighted by Gasteiger charge is -2.24. The highest BCUT2D eigenvalue weighted by Gasteiger charge is 2.31. The number of nitrogens with zero attached hydrogens (tertiary/aromatic N) is 4. The van der Waals surface area contributed by atoms with Crippen molar-refractivity contribution in [3.05, 3.63) is 0 Å². The first-order valence-corrected chi connectivity index (χ1v) is 8.36. The number of aliphatic carboxylic acids is 1. The van der Waals surface area contributed by atoms with Crippen LogP contribution < -0.4 is 4.72 Å². The number of sulfonamides is 1. The van der Waals surface area contributed by atoms with E-state index in [4.69, 9.17) is 0 Å². The molecular weight excluding hydrogens is 298 g/mol. The van der Waals surface area contributed by atoms with Gasteiger partial charge in [-0.05, 0) is 17.6 Å². The van der Waals surface area contributed by atoms with Gasteiger partial charge in [-0.15, -0.1) is 5.10 Å². The van der Waals surface area contributed by atoms with Crippen LogP contribution in [0.5, 0.6) is 0 Å². The molecular formula is C11H19N5O4S. The summed E-state index contributed by atoms with van der Waals surface area (Å²) in [6.45, 7) is 0. The van der Waals surface area contributed by atoms with Crippen molar-refractivity contribution in [1.82, 2.24) is 24.9 Å². The van der Waals surface area contributed by atoms with Crippen LogP contribution in [0, 0.1) is 5.92 Å². The van der Waals surface area contributed by atoms with Gasteiger partial charge in [-0.2, -0.15) is 9.52 Å². The minimum atomic E-state index is -4.07. The quantitative estimate of drug-likeness (QED) is 0.750. The fourth-order valence-corrected chi connectivity index (χ4v) is 3.62. The maximum atomic E-state index is 12.0. The molecule has 0 unspecified atom stereocenters. The number of aromatic nitrogens is 4. The van der Waals surface area contributed by atoms with Crippen LogP contribution in [0.25, 0.3) is 0 Å². The Morgan fingerprint density at radius 1 is 1.43 bits per heavy atom. The van der Waals surface area contributed by atoms with Crippen molar-refractivity contribution >= 4 is 16.0 Å².